The normalized spacial score (nSPS) is 14.4. The van der Waals surface area contributed by atoms with Gasteiger partial charge in [0.25, 0.3) is 0 Å². The molecule has 0 spiro atoms. The topological polar surface area (TPSA) is 96.0 Å². The summed E-state index contributed by atoms with van der Waals surface area (Å²) >= 11 is 0. The van der Waals surface area contributed by atoms with Crippen LogP contribution >= 0.6 is 0 Å². The van der Waals surface area contributed by atoms with E-state index in [0.29, 0.717) is 11.5 Å². The first-order valence-corrected chi connectivity index (χ1v) is 15.1. The number of carbonyl (C=O) groups is 2. The number of amides is 2. The SMILES string of the molecule is CC(C(=O)NC1CCCC1)N(Cc1ccccc1F)C(=O)CN(c1ccc(Oc2ccccc2)cc1)S(C)(=O)=O. The Bertz CT molecular complexity index is 1410. The number of benzene rings is 3. The molecular weight excluding hydrogens is 533 g/mol. The van der Waals surface area contributed by atoms with Crippen LogP contribution < -0.4 is 14.4 Å². The lowest BCUT2D eigenvalue weighted by Gasteiger charge is -2.32. The number of ether oxygens (including phenoxy) is 1. The van der Waals surface area contributed by atoms with Crippen molar-refractivity contribution in [2.75, 3.05) is 17.1 Å². The molecule has 0 bridgehead atoms. The van der Waals surface area contributed by atoms with Gasteiger partial charge in [0.1, 0.15) is 29.9 Å². The lowest BCUT2D eigenvalue weighted by atomic mass is 10.1. The van der Waals surface area contributed by atoms with Gasteiger partial charge in [0, 0.05) is 18.2 Å². The summed E-state index contributed by atoms with van der Waals surface area (Å²) in [6.07, 6.45) is 4.79. The van der Waals surface area contributed by atoms with E-state index in [4.69, 9.17) is 4.74 Å². The summed E-state index contributed by atoms with van der Waals surface area (Å²) in [4.78, 5) is 28.0. The maximum Gasteiger partial charge on any atom is 0.244 e. The molecule has 0 radical (unpaired) electrons. The van der Waals surface area contributed by atoms with Crippen LogP contribution in [0.15, 0.2) is 78.9 Å². The van der Waals surface area contributed by atoms with Gasteiger partial charge in [0.05, 0.1) is 11.9 Å². The van der Waals surface area contributed by atoms with Gasteiger partial charge in [-0.2, -0.15) is 0 Å². The quantitative estimate of drug-likeness (QED) is 0.357. The second-order valence-electron chi connectivity index (χ2n) is 9.96. The predicted octanol–water partition coefficient (Wildman–Crippen LogP) is 4.86. The molecule has 3 aromatic rings. The molecule has 1 aliphatic carbocycles. The number of hydrogen-bond donors (Lipinski definition) is 1. The molecule has 0 aliphatic heterocycles. The summed E-state index contributed by atoms with van der Waals surface area (Å²) in [7, 11) is -3.89. The van der Waals surface area contributed by atoms with Crippen molar-refractivity contribution in [3.05, 3.63) is 90.2 Å². The summed E-state index contributed by atoms with van der Waals surface area (Å²) in [6, 6.07) is 20.5. The number of halogens is 1. The van der Waals surface area contributed by atoms with Crippen molar-refractivity contribution in [2.24, 2.45) is 0 Å². The number of carbonyl (C=O) groups excluding carboxylic acids is 2. The van der Waals surface area contributed by atoms with E-state index in [1.54, 1.807) is 49.4 Å². The predicted molar refractivity (Wildman–Crippen MR) is 152 cm³/mol. The first kappa shape index (κ1) is 29.1. The Balaban J connectivity index is 1.56. The van der Waals surface area contributed by atoms with Gasteiger partial charge in [-0.1, -0.05) is 49.2 Å². The van der Waals surface area contributed by atoms with Crippen molar-refractivity contribution in [1.29, 1.82) is 0 Å². The largest absolute Gasteiger partial charge is 0.457 e. The standard InChI is InChI=1S/C30H34FN3O5S/c1-22(30(36)32-24-11-7-8-12-24)33(20-23-10-6-9-15-28(23)31)29(35)21-34(40(2,37)38)25-16-18-27(19-17-25)39-26-13-4-3-5-14-26/h3-6,9-10,13-19,22,24H,7-8,11-12,20-21H2,1-2H3,(H,32,36). The minimum absolute atomic E-state index is 0.0319. The van der Waals surface area contributed by atoms with E-state index in [-0.39, 0.29) is 29.7 Å². The smallest absolute Gasteiger partial charge is 0.244 e. The van der Waals surface area contributed by atoms with Crippen molar-refractivity contribution >= 4 is 27.5 Å². The van der Waals surface area contributed by atoms with Crippen LogP contribution in [0.3, 0.4) is 0 Å². The highest BCUT2D eigenvalue weighted by atomic mass is 32.2. The van der Waals surface area contributed by atoms with Crippen LogP contribution in [0, 0.1) is 5.82 Å². The van der Waals surface area contributed by atoms with Gasteiger partial charge in [0.2, 0.25) is 21.8 Å². The molecular formula is C30H34FN3O5S. The van der Waals surface area contributed by atoms with Crippen LogP contribution in [-0.4, -0.2) is 50.0 Å². The fourth-order valence-electron chi connectivity index (χ4n) is 4.70. The van der Waals surface area contributed by atoms with Crippen molar-refractivity contribution in [3.8, 4) is 11.5 Å². The number of anilines is 1. The summed E-state index contributed by atoms with van der Waals surface area (Å²) in [5, 5.41) is 2.98. The highest BCUT2D eigenvalue weighted by Gasteiger charge is 2.31. The lowest BCUT2D eigenvalue weighted by Crippen LogP contribution is -2.52. The van der Waals surface area contributed by atoms with E-state index in [2.05, 4.69) is 5.32 Å². The fraction of sp³-hybridized carbons (Fsp3) is 0.333. The third kappa shape index (κ3) is 7.59. The molecule has 0 saturated heterocycles. The summed E-state index contributed by atoms with van der Waals surface area (Å²) in [6.45, 7) is 0.822. The first-order valence-electron chi connectivity index (χ1n) is 13.3. The third-order valence-electron chi connectivity index (χ3n) is 6.95. The Morgan fingerprint density at radius 3 is 2.17 bits per heavy atom. The molecule has 1 unspecified atom stereocenters. The van der Waals surface area contributed by atoms with Gasteiger partial charge in [-0.05, 0) is 62.2 Å². The van der Waals surface area contributed by atoms with Gasteiger partial charge in [0.15, 0.2) is 0 Å². The molecule has 1 N–H and O–H groups in total. The Kier molecular flexibility index (Phi) is 9.42. The second-order valence-corrected chi connectivity index (χ2v) is 11.9. The van der Waals surface area contributed by atoms with Crippen LogP contribution in [0.2, 0.25) is 0 Å². The van der Waals surface area contributed by atoms with Crippen LogP contribution in [0.4, 0.5) is 10.1 Å². The number of rotatable bonds is 11. The van der Waals surface area contributed by atoms with Gasteiger partial charge in [-0.25, -0.2) is 12.8 Å². The van der Waals surface area contributed by atoms with Gasteiger partial charge >= 0.3 is 0 Å². The molecule has 10 heteroatoms. The summed E-state index contributed by atoms with van der Waals surface area (Å²) < 4.78 is 46.9. The van der Waals surface area contributed by atoms with Crippen molar-refractivity contribution in [3.63, 3.8) is 0 Å². The Labute approximate surface area is 234 Å². The average Bonchev–Trinajstić information content (AvgIpc) is 3.44. The zero-order valence-electron chi connectivity index (χ0n) is 22.6. The van der Waals surface area contributed by atoms with Crippen molar-refractivity contribution < 1.29 is 27.1 Å². The van der Waals surface area contributed by atoms with E-state index in [1.165, 1.54) is 23.1 Å². The molecule has 8 nitrogen and oxygen atoms in total. The minimum atomic E-state index is -3.89. The third-order valence-corrected chi connectivity index (χ3v) is 8.09. The molecule has 3 aromatic carbocycles. The van der Waals surface area contributed by atoms with E-state index >= 15 is 0 Å². The number of para-hydroxylation sites is 1. The second kappa shape index (κ2) is 13.0. The van der Waals surface area contributed by atoms with E-state index in [0.717, 1.165) is 36.2 Å². The van der Waals surface area contributed by atoms with E-state index in [1.807, 2.05) is 18.2 Å². The Morgan fingerprint density at radius 1 is 0.950 bits per heavy atom. The Morgan fingerprint density at radius 2 is 1.55 bits per heavy atom. The molecule has 1 fully saturated rings. The maximum absolute atomic E-state index is 14.6. The van der Waals surface area contributed by atoms with Crippen LogP contribution in [0.25, 0.3) is 0 Å². The number of nitrogens with one attached hydrogen (secondary N) is 1. The fourth-order valence-corrected chi connectivity index (χ4v) is 5.55. The molecule has 1 saturated carbocycles. The van der Waals surface area contributed by atoms with E-state index in [9.17, 15) is 22.4 Å². The number of sulfonamides is 1. The molecule has 1 atom stereocenters. The molecule has 0 heterocycles. The molecule has 0 aromatic heterocycles. The van der Waals surface area contributed by atoms with Crippen LogP contribution in [-0.2, 0) is 26.2 Å². The summed E-state index contributed by atoms with van der Waals surface area (Å²) in [5.74, 6) is -0.387. The van der Waals surface area contributed by atoms with Gasteiger partial charge in [-0.15, -0.1) is 0 Å². The maximum atomic E-state index is 14.6. The van der Waals surface area contributed by atoms with Crippen molar-refractivity contribution in [2.45, 2.75) is 51.2 Å². The molecule has 4 rings (SSSR count). The Hall–Kier alpha value is -3.92. The van der Waals surface area contributed by atoms with Crippen LogP contribution in [0.1, 0.15) is 38.2 Å². The first-order chi connectivity index (χ1) is 19.1. The highest BCUT2D eigenvalue weighted by molar-refractivity contribution is 7.92. The minimum Gasteiger partial charge on any atom is -0.457 e. The summed E-state index contributed by atoms with van der Waals surface area (Å²) in [5.41, 5.74) is 0.481. The number of nitrogens with zero attached hydrogens (tertiary/aromatic N) is 2. The lowest BCUT2D eigenvalue weighted by molar-refractivity contribution is -0.139. The molecule has 212 valence electrons. The monoisotopic (exact) mass is 567 g/mol. The zero-order chi connectivity index (χ0) is 28.7. The van der Waals surface area contributed by atoms with Crippen LogP contribution in [0.5, 0.6) is 11.5 Å². The van der Waals surface area contributed by atoms with E-state index < -0.39 is 34.3 Å². The molecule has 40 heavy (non-hydrogen) atoms. The number of hydrogen-bond acceptors (Lipinski definition) is 5. The zero-order valence-corrected chi connectivity index (χ0v) is 23.4. The van der Waals surface area contributed by atoms with Gasteiger partial charge < -0.3 is 15.0 Å². The average molecular weight is 568 g/mol. The van der Waals surface area contributed by atoms with Crippen molar-refractivity contribution in [1.82, 2.24) is 10.2 Å². The van der Waals surface area contributed by atoms with Gasteiger partial charge in [-0.3, -0.25) is 13.9 Å². The molecule has 2 amide bonds. The highest BCUT2D eigenvalue weighted by Crippen LogP contribution is 2.26. The molecule has 1 aliphatic rings.